The van der Waals surface area contributed by atoms with Crippen LogP contribution >= 0.6 is 0 Å². The average molecular weight is 398 g/mol. The molecule has 0 aromatic heterocycles. The van der Waals surface area contributed by atoms with E-state index in [-0.39, 0.29) is 36.8 Å². The number of hydrogen-bond acceptors (Lipinski definition) is 8. The van der Waals surface area contributed by atoms with E-state index in [4.69, 9.17) is 18.9 Å². The van der Waals surface area contributed by atoms with E-state index in [1.165, 1.54) is 27.3 Å². The monoisotopic (exact) mass is 398 g/mol. The molecule has 0 unspecified atom stereocenters. The Morgan fingerprint density at radius 3 is 2.29 bits per heavy atom. The molecular weight excluding hydrogens is 372 g/mol. The molecule has 0 saturated heterocycles. The van der Waals surface area contributed by atoms with Crippen LogP contribution in [0, 0.1) is 10.1 Å². The molecule has 1 aromatic rings. The first-order chi connectivity index (χ1) is 13.0. The molecule has 0 atom stereocenters. The Labute approximate surface area is 163 Å². The predicted octanol–water partition coefficient (Wildman–Crippen LogP) is 2.04. The highest BCUT2D eigenvalue weighted by molar-refractivity contribution is 6.00. The number of likely N-dealkylation sites (N-methyl/N-ethyl adjacent to an activating group) is 1. The summed E-state index contributed by atoms with van der Waals surface area (Å²) in [7, 11) is 4.19. The molecule has 0 fully saturated rings. The number of carbonyl (C=O) groups excluding carboxylic acids is 2. The Bertz CT molecular complexity index is 727. The van der Waals surface area contributed by atoms with Crippen LogP contribution in [-0.2, 0) is 14.3 Å². The van der Waals surface area contributed by atoms with Crippen molar-refractivity contribution < 1.29 is 33.5 Å². The summed E-state index contributed by atoms with van der Waals surface area (Å²) in [6.45, 7) is 5.16. The van der Waals surface area contributed by atoms with Crippen LogP contribution in [0.2, 0.25) is 0 Å². The van der Waals surface area contributed by atoms with Gasteiger partial charge in [0.05, 0.1) is 24.7 Å². The summed E-state index contributed by atoms with van der Waals surface area (Å²) in [6, 6.07) is 2.33. The molecule has 0 aliphatic carbocycles. The van der Waals surface area contributed by atoms with Crippen molar-refractivity contribution in [2.24, 2.45) is 0 Å². The molecule has 0 aliphatic rings. The quantitative estimate of drug-likeness (QED) is 0.268. The van der Waals surface area contributed by atoms with Crippen LogP contribution < -0.4 is 9.47 Å². The summed E-state index contributed by atoms with van der Waals surface area (Å²) in [5, 5.41) is 11.5. The molecule has 0 heterocycles. The fraction of sp³-hybridized carbons (Fsp3) is 0.556. The van der Waals surface area contributed by atoms with Gasteiger partial charge in [-0.05, 0) is 20.8 Å². The van der Waals surface area contributed by atoms with Gasteiger partial charge in [0.15, 0.2) is 11.5 Å². The van der Waals surface area contributed by atoms with E-state index < -0.39 is 28.1 Å². The Hall–Kier alpha value is -2.88. The van der Waals surface area contributed by atoms with E-state index >= 15 is 0 Å². The van der Waals surface area contributed by atoms with Crippen molar-refractivity contribution in [2.75, 3.05) is 41.0 Å². The van der Waals surface area contributed by atoms with E-state index in [9.17, 15) is 19.7 Å². The van der Waals surface area contributed by atoms with Gasteiger partial charge in [0.25, 0.3) is 11.6 Å². The number of nitro groups is 1. The van der Waals surface area contributed by atoms with Crippen molar-refractivity contribution >= 4 is 17.6 Å². The molecule has 0 radical (unpaired) electrons. The minimum absolute atomic E-state index is 0.109. The van der Waals surface area contributed by atoms with Gasteiger partial charge < -0.3 is 23.8 Å². The number of nitro benzene ring substituents is 1. The Kier molecular flexibility index (Phi) is 8.17. The number of ether oxygens (including phenoxy) is 4. The molecule has 156 valence electrons. The predicted molar refractivity (Wildman–Crippen MR) is 99.8 cm³/mol. The third-order valence-corrected chi connectivity index (χ3v) is 3.39. The highest BCUT2D eigenvalue weighted by Crippen LogP contribution is 2.35. The summed E-state index contributed by atoms with van der Waals surface area (Å²) < 4.78 is 20.6. The summed E-state index contributed by atoms with van der Waals surface area (Å²) in [5.74, 6) is -1.09. The number of nitrogens with zero attached hydrogens (tertiary/aromatic N) is 2. The van der Waals surface area contributed by atoms with Crippen LogP contribution in [0.5, 0.6) is 11.5 Å². The van der Waals surface area contributed by atoms with Crippen LogP contribution in [0.25, 0.3) is 0 Å². The average Bonchev–Trinajstić information content (AvgIpc) is 2.58. The van der Waals surface area contributed by atoms with Crippen LogP contribution in [0.1, 0.15) is 31.1 Å². The Morgan fingerprint density at radius 1 is 1.14 bits per heavy atom. The molecule has 1 aromatic carbocycles. The van der Waals surface area contributed by atoms with Crippen molar-refractivity contribution in [1.82, 2.24) is 4.90 Å². The van der Waals surface area contributed by atoms with Crippen molar-refractivity contribution in [1.29, 1.82) is 0 Å². The van der Waals surface area contributed by atoms with Gasteiger partial charge in [0.2, 0.25) is 0 Å². The second-order valence-corrected chi connectivity index (χ2v) is 6.87. The van der Waals surface area contributed by atoms with Crippen molar-refractivity contribution in [3.8, 4) is 11.5 Å². The lowest BCUT2D eigenvalue weighted by Crippen LogP contribution is -2.36. The van der Waals surface area contributed by atoms with Gasteiger partial charge in [-0.2, -0.15) is 0 Å². The minimum atomic E-state index is -0.723. The summed E-state index contributed by atoms with van der Waals surface area (Å²) >= 11 is 0. The van der Waals surface area contributed by atoms with Gasteiger partial charge in [0, 0.05) is 20.2 Å². The number of rotatable bonds is 9. The van der Waals surface area contributed by atoms with Crippen molar-refractivity contribution in [3.63, 3.8) is 0 Å². The second-order valence-electron chi connectivity index (χ2n) is 6.87. The number of esters is 1. The highest BCUT2D eigenvalue weighted by Gasteiger charge is 2.28. The molecule has 0 bridgehead atoms. The van der Waals surface area contributed by atoms with E-state index in [1.54, 1.807) is 20.8 Å². The van der Waals surface area contributed by atoms with E-state index in [1.807, 2.05) is 0 Å². The lowest BCUT2D eigenvalue weighted by Gasteiger charge is -2.22. The lowest BCUT2D eigenvalue weighted by molar-refractivity contribution is -0.385. The van der Waals surface area contributed by atoms with E-state index in [2.05, 4.69) is 0 Å². The zero-order chi connectivity index (χ0) is 21.5. The number of hydrogen-bond donors (Lipinski definition) is 0. The summed E-state index contributed by atoms with van der Waals surface area (Å²) in [6.07, 6.45) is 0. The molecule has 0 aliphatic heterocycles. The summed E-state index contributed by atoms with van der Waals surface area (Å²) in [4.78, 5) is 36.5. The molecule has 0 saturated carbocycles. The zero-order valence-corrected chi connectivity index (χ0v) is 16.9. The lowest BCUT2D eigenvalue weighted by atomic mass is 10.1. The van der Waals surface area contributed by atoms with E-state index in [0.29, 0.717) is 0 Å². The molecule has 10 nitrogen and oxygen atoms in total. The molecule has 0 N–H and O–H groups in total. The first-order valence-electron chi connectivity index (χ1n) is 8.45. The first kappa shape index (κ1) is 23.2. The maximum absolute atomic E-state index is 12.7. The SMILES string of the molecule is COCCOc1cc([N+](=O)[O-])c(C(=O)N(C)CC(=O)OC(C)(C)C)cc1OC. The van der Waals surface area contributed by atoms with Gasteiger partial charge in [0.1, 0.15) is 24.3 Å². The van der Waals surface area contributed by atoms with Crippen LogP contribution in [0.4, 0.5) is 5.69 Å². The minimum Gasteiger partial charge on any atom is -0.493 e. The third kappa shape index (κ3) is 6.69. The molecule has 1 rings (SSSR count). The number of amides is 1. The van der Waals surface area contributed by atoms with Gasteiger partial charge in [-0.15, -0.1) is 0 Å². The maximum Gasteiger partial charge on any atom is 0.326 e. The zero-order valence-electron chi connectivity index (χ0n) is 16.9. The third-order valence-electron chi connectivity index (χ3n) is 3.39. The number of carbonyl (C=O) groups is 2. The fourth-order valence-electron chi connectivity index (χ4n) is 2.22. The van der Waals surface area contributed by atoms with Gasteiger partial charge >= 0.3 is 5.97 Å². The largest absolute Gasteiger partial charge is 0.493 e. The Balaban J connectivity index is 3.14. The second kappa shape index (κ2) is 9.88. The molecule has 1 amide bonds. The molecular formula is C18H26N2O8. The molecule has 28 heavy (non-hydrogen) atoms. The van der Waals surface area contributed by atoms with E-state index in [0.717, 1.165) is 11.0 Å². The van der Waals surface area contributed by atoms with Gasteiger partial charge in [-0.1, -0.05) is 0 Å². The smallest absolute Gasteiger partial charge is 0.326 e. The van der Waals surface area contributed by atoms with Crippen LogP contribution in [0.3, 0.4) is 0 Å². The van der Waals surface area contributed by atoms with Crippen LogP contribution in [0.15, 0.2) is 12.1 Å². The van der Waals surface area contributed by atoms with Crippen molar-refractivity contribution in [3.05, 3.63) is 27.8 Å². The normalized spacial score (nSPS) is 10.9. The maximum atomic E-state index is 12.7. The van der Waals surface area contributed by atoms with Crippen LogP contribution in [-0.4, -0.2) is 68.3 Å². The number of methoxy groups -OCH3 is 2. The molecule has 0 spiro atoms. The standard InChI is InChI=1S/C18H26N2O8/c1-18(2,3)28-16(21)11-19(4)17(22)12-9-14(26-6)15(27-8-7-25-5)10-13(12)20(23)24/h9-10H,7-8,11H2,1-6H3. The van der Waals surface area contributed by atoms with Gasteiger partial charge in [-0.25, -0.2) is 0 Å². The molecule has 10 heteroatoms. The summed E-state index contributed by atoms with van der Waals surface area (Å²) in [5.41, 5.74) is -1.40. The first-order valence-corrected chi connectivity index (χ1v) is 8.45. The number of benzene rings is 1. The topological polar surface area (TPSA) is 117 Å². The Morgan fingerprint density at radius 2 is 1.79 bits per heavy atom. The highest BCUT2D eigenvalue weighted by atomic mass is 16.6. The van der Waals surface area contributed by atoms with Crippen molar-refractivity contribution in [2.45, 2.75) is 26.4 Å². The fourth-order valence-corrected chi connectivity index (χ4v) is 2.22. The van der Waals surface area contributed by atoms with Gasteiger partial charge in [-0.3, -0.25) is 19.7 Å².